The van der Waals surface area contributed by atoms with E-state index < -0.39 is 0 Å². The maximum Gasteiger partial charge on any atom is 0.250 e. The largest absolute Gasteiger partial charge is 0.497 e. The van der Waals surface area contributed by atoms with Gasteiger partial charge in [-0.15, -0.1) is 10.2 Å². The monoisotopic (exact) mass is 451 g/mol. The van der Waals surface area contributed by atoms with Gasteiger partial charge in [-0.2, -0.15) is 5.10 Å². The van der Waals surface area contributed by atoms with Gasteiger partial charge in [0.2, 0.25) is 0 Å². The van der Waals surface area contributed by atoms with Crippen molar-refractivity contribution >= 4 is 30.0 Å². The molecular weight excluding hydrogens is 426 g/mol. The first kappa shape index (κ1) is 23.1. The summed E-state index contributed by atoms with van der Waals surface area (Å²) in [6.07, 6.45) is 5.11. The fourth-order valence-corrected chi connectivity index (χ4v) is 3.69. The van der Waals surface area contributed by atoms with E-state index in [9.17, 15) is 4.79 Å². The van der Waals surface area contributed by atoms with Crippen LogP contribution in [0, 0.1) is 0 Å². The summed E-state index contributed by atoms with van der Waals surface area (Å²) in [6.45, 7) is 2.70. The normalized spacial score (nSPS) is 11.2. The SMILES string of the molecule is CCn1c(SCC(=O)NN=CC=Cc2ccccc2OC)nnc1-c1ccc(OC)cc1. The molecule has 8 nitrogen and oxygen atoms in total. The lowest BCUT2D eigenvalue weighted by Gasteiger charge is -2.07. The lowest BCUT2D eigenvalue weighted by atomic mass is 10.2. The van der Waals surface area contributed by atoms with E-state index in [4.69, 9.17) is 9.47 Å². The van der Waals surface area contributed by atoms with Gasteiger partial charge in [0.1, 0.15) is 11.5 Å². The average Bonchev–Trinajstić information content (AvgIpc) is 3.25. The lowest BCUT2D eigenvalue weighted by molar-refractivity contribution is -0.118. The Hall–Kier alpha value is -3.59. The van der Waals surface area contributed by atoms with Crippen LogP contribution in [-0.4, -0.2) is 46.9 Å². The molecular formula is C23H25N5O3S. The number of nitrogens with one attached hydrogen (secondary N) is 1. The molecule has 1 aromatic heterocycles. The summed E-state index contributed by atoms with van der Waals surface area (Å²) in [4.78, 5) is 12.1. The highest BCUT2D eigenvalue weighted by molar-refractivity contribution is 7.99. The fourth-order valence-electron chi connectivity index (χ4n) is 2.90. The Labute approximate surface area is 191 Å². The predicted octanol–water partition coefficient (Wildman–Crippen LogP) is 3.89. The maximum absolute atomic E-state index is 12.1. The minimum absolute atomic E-state index is 0.175. The zero-order valence-corrected chi connectivity index (χ0v) is 19.0. The number of benzene rings is 2. The van der Waals surface area contributed by atoms with Crippen LogP contribution in [0.25, 0.3) is 17.5 Å². The van der Waals surface area contributed by atoms with Gasteiger partial charge < -0.3 is 14.0 Å². The van der Waals surface area contributed by atoms with E-state index in [1.54, 1.807) is 20.3 Å². The van der Waals surface area contributed by atoms with Gasteiger partial charge in [0.05, 0.1) is 20.0 Å². The number of ether oxygens (including phenoxy) is 2. The number of nitrogens with zero attached hydrogens (tertiary/aromatic N) is 4. The van der Waals surface area contributed by atoms with Gasteiger partial charge in [0.15, 0.2) is 11.0 Å². The van der Waals surface area contributed by atoms with Gasteiger partial charge in [0, 0.05) is 23.9 Å². The molecule has 1 heterocycles. The summed E-state index contributed by atoms with van der Waals surface area (Å²) in [7, 11) is 3.25. The number of para-hydroxylation sites is 1. The number of allylic oxidation sites excluding steroid dienone is 1. The first-order valence-corrected chi connectivity index (χ1v) is 11.0. The quantitative estimate of drug-likeness (QED) is 0.286. The van der Waals surface area contributed by atoms with Crippen molar-refractivity contribution in [2.24, 2.45) is 5.10 Å². The molecule has 0 aliphatic heterocycles. The molecule has 0 saturated carbocycles. The first-order valence-electron chi connectivity index (χ1n) is 9.98. The highest BCUT2D eigenvalue weighted by Gasteiger charge is 2.14. The molecule has 2 aromatic carbocycles. The smallest absolute Gasteiger partial charge is 0.250 e. The Balaban J connectivity index is 1.54. The molecule has 0 atom stereocenters. The number of rotatable bonds is 10. The number of hydrogen-bond donors (Lipinski definition) is 1. The Kier molecular flexibility index (Phi) is 8.44. The van der Waals surface area contributed by atoms with Crippen LogP contribution in [0.5, 0.6) is 11.5 Å². The van der Waals surface area contributed by atoms with Crippen LogP contribution in [0.1, 0.15) is 12.5 Å². The van der Waals surface area contributed by atoms with Crippen molar-refractivity contribution in [1.29, 1.82) is 0 Å². The van der Waals surface area contributed by atoms with Gasteiger partial charge in [-0.3, -0.25) is 4.79 Å². The highest BCUT2D eigenvalue weighted by atomic mass is 32.2. The van der Waals surface area contributed by atoms with E-state index in [2.05, 4.69) is 20.7 Å². The molecule has 1 N–H and O–H groups in total. The molecule has 0 fully saturated rings. The number of hydrogen-bond acceptors (Lipinski definition) is 7. The number of carbonyl (C=O) groups is 1. The molecule has 0 unspecified atom stereocenters. The average molecular weight is 452 g/mol. The van der Waals surface area contributed by atoms with Crippen LogP contribution < -0.4 is 14.9 Å². The van der Waals surface area contributed by atoms with E-state index in [1.165, 1.54) is 18.0 Å². The molecule has 9 heteroatoms. The van der Waals surface area contributed by atoms with Crippen LogP contribution in [0.15, 0.2) is 64.9 Å². The summed E-state index contributed by atoms with van der Waals surface area (Å²) in [5, 5.41) is 13.2. The summed E-state index contributed by atoms with van der Waals surface area (Å²) in [6, 6.07) is 15.3. The molecule has 0 aliphatic carbocycles. The van der Waals surface area contributed by atoms with Crippen LogP contribution in [0.3, 0.4) is 0 Å². The number of thioether (sulfide) groups is 1. The van der Waals surface area contributed by atoms with Gasteiger partial charge in [0.25, 0.3) is 5.91 Å². The molecule has 0 saturated heterocycles. The number of methoxy groups -OCH3 is 2. The number of carbonyl (C=O) groups excluding carboxylic acids is 1. The van der Waals surface area contributed by atoms with Gasteiger partial charge in [-0.1, -0.05) is 30.0 Å². The van der Waals surface area contributed by atoms with E-state index in [1.807, 2.05) is 66.1 Å². The second-order valence-electron chi connectivity index (χ2n) is 6.48. The summed E-state index contributed by atoms with van der Waals surface area (Å²) in [5.74, 6) is 2.24. The van der Waals surface area contributed by atoms with Crippen molar-refractivity contribution < 1.29 is 14.3 Å². The zero-order valence-electron chi connectivity index (χ0n) is 18.2. The van der Waals surface area contributed by atoms with Crippen LogP contribution >= 0.6 is 11.8 Å². The Morgan fingerprint density at radius 1 is 1.12 bits per heavy atom. The molecule has 0 spiro atoms. The topological polar surface area (TPSA) is 90.6 Å². The van der Waals surface area contributed by atoms with Gasteiger partial charge in [-0.25, -0.2) is 5.43 Å². The Morgan fingerprint density at radius 2 is 1.91 bits per heavy atom. The second kappa shape index (κ2) is 11.7. The molecule has 166 valence electrons. The van der Waals surface area contributed by atoms with Gasteiger partial charge >= 0.3 is 0 Å². The summed E-state index contributed by atoms with van der Waals surface area (Å²) in [5.41, 5.74) is 4.37. The predicted molar refractivity (Wildman–Crippen MR) is 127 cm³/mol. The highest BCUT2D eigenvalue weighted by Crippen LogP contribution is 2.25. The molecule has 0 radical (unpaired) electrons. The molecule has 3 aromatic rings. The fraction of sp³-hybridized carbons (Fsp3) is 0.217. The summed E-state index contributed by atoms with van der Waals surface area (Å²) >= 11 is 1.31. The minimum Gasteiger partial charge on any atom is -0.497 e. The van der Waals surface area contributed by atoms with Crippen LogP contribution in [0.2, 0.25) is 0 Å². The number of hydrazone groups is 1. The third-order valence-corrected chi connectivity index (χ3v) is 5.44. The first-order chi connectivity index (χ1) is 15.7. The third-order valence-electron chi connectivity index (χ3n) is 4.48. The molecule has 0 aliphatic rings. The Bertz CT molecular complexity index is 1090. The molecule has 1 amide bonds. The van der Waals surface area contributed by atoms with Crippen molar-refractivity contribution in [2.45, 2.75) is 18.6 Å². The number of amides is 1. The van der Waals surface area contributed by atoms with Gasteiger partial charge in [-0.05, 0) is 49.4 Å². The van der Waals surface area contributed by atoms with E-state index in [0.717, 1.165) is 28.5 Å². The van der Waals surface area contributed by atoms with Crippen molar-refractivity contribution in [3.63, 3.8) is 0 Å². The Morgan fingerprint density at radius 3 is 2.62 bits per heavy atom. The standard InChI is InChI=1S/C23H25N5O3S/c1-4-28-22(18-11-13-19(30-2)14-12-18)26-27-23(28)32-16-21(29)25-24-15-7-9-17-8-5-6-10-20(17)31-3/h5-15H,4,16H2,1-3H3,(H,25,29). The van der Waals surface area contributed by atoms with E-state index in [0.29, 0.717) is 11.7 Å². The van der Waals surface area contributed by atoms with E-state index in [-0.39, 0.29) is 11.7 Å². The summed E-state index contributed by atoms with van der Waals surface area (Å²) < 4.78 is 12.5. The molecule has 3 rings (SSSR count). The minimum atomic E-state index is -0.228. The molecule has 32 heavy (non-hydrogen) atoms. The van der Waals surface area contributed by atoms with Crippen molar-refractivity contribution in [3.8, 4) is 22.9 Å². The van der Waals surface area contributed by atoms with Crippen molar-refractivity contribution in [1.82, 2.24) is 20.2 Å². The lowest BCUT2D eigenvalue weighted by Crippen LogP contribution is -2.19. The number of aromatic nitrogens is 3. The zero-order chi connectivity index (χ0) is 22.8. The van der Waals surface area contributed by atoms with Crippen LogP contribution in [0.4, 0.5) is 0 Å². The van der Waals surface area contributed by atoms with E-state index >= 15 is 0 Å². The van der Waals surface area contributed by atoms with Crippen molar-refractivity contribution in [3.05, 3.63) is 60.2 Å². The second-order valence-corrected chi connectivity index (χ2v) is 7.42. The molecule has 0 bridgehead atoms. The van der Waals surface area contributed by atoms with Crippen LogP contribution in [-0.2, 0) is 11.3 Å². The van der Waals surface area contributed by atoms with Crippen molar-refractivity contribution in [2.75, 3.05) is 20.0 Å². The maximum atomic E-state index is 12.1. The third kappa shape index (κ3) is 5.98.